The Morgan fingerprint density at radius 1 is 1.33 bits per heavy atom. The third kappa shape index (κ3) is 3.12. The number of hydrogen-bond donors (Lipinski definition) is 1. The zero-order chi connectivity index (χ0) is 13.0. The van der Waals surface area contributed by atoms with E-state index in [4.69, 9.17) is 4.74 Å². The molecule has 1 heterocycles. The van der Waals surface area contributed by atoms with Gasteiger partial charge in [0.05, 0.1) is 13.2 Å². The van der Waals surface area contributed by atoms with Crippen LogP contribution in [0.5, 0.6) is 5.75 Å². The Labute approximate surface area is 112 Å². The highest BCUT2D eigenvalue weighted by atomic mass is 32.1. The Kier molecular flexibility index (Phi) is 4.39. The van der Waals surface area contributed by atoms with Crippen LogP contribution in [0.4, 0.5) is 0 Å². The van der Waals surface area contributed by atoms with Crippen molar-refractivity contribution in [3.8, 4) is 5.75 Å². The average Bonchev–Trinajstić information content (AvgIpc) is 2.89. The maximum atomic E-state index is 10.3. The number of aliphatic hydroxyl groups is 1. The second-order valence-electron chi connectivity index (χ2n) is 4.38. The number of thiophene rings is 1. The smallest absolute Gasteiger partial charge is 0.124 e. The fourth-order valence-corrected chi connectivity index (χ4v) is 2.73. The molecule has 3 heteroatoms. The Bertz CT molecular complexity index is 491. The molecule has 0 spiro atoms. The number of hydrogen-bond acceptors (Lipinski definition) is 3. The van der Waals surface area contributed by atoms with Gasteiger partial charge in [-0.25, -0.2) is 0 Å². The van der Waals surface area contributed by atoms with Gasteiger partial charge in [0.15, 0.2) is 0 Å². The molecule has 2 aromatic rings. The van der Waals surface area contributed by atoms with Gasteiger partial charge in [0, 0.05) is 10.4 Å². The Morgan fingerprint density at radius 3 is 2.83 bits per heavy atom. The van der Waals surface area contributed by atoms with Gasteiger partial charge in [-0.1, -0.05) is 17.7 Å². The van der Waals surface area contributed by atoms with Gasteiger partial charge in [-0.3, -0.25) is 0 Å². The largest absolute Gasteiger partial charge is 0.496 e. The molecule has 18 heavy (non-hydrogen) atoms. The van der Waals surface area contributed by atoms with Crippen LogP contribution in [0.25, 0.3) is 0 Å². The molecule has 1 aromatic carbocycles. The molecule has 1 N–H and O–H groups in total. The summed E-state index contributed by atoms with van der Waals surface area (Å²) in [6.45, 7) is 2.02. The van der Waals surface area contributed by atoms with Crippen LogP contribution in [0.3, 0.4) is 0 Å². The lowest BCUT2D eigenvalue weighted by Gasteiger charge is -2.15. The second kappa shape index (κ2) is 6.03. The molecule has 0 aliphatic carbocycles. The number of benzene rings is 1. The second-order valence-corrected chi connectivity index (χ2v) is 5.41. The molecule has 0 saturated carbocycles. The van der Waals surface area contributed by atoms with Crippen molar-refractivity contribution in [2.24, 2.45) is 0 Å². The Morgan fingerprint density at radius 2 is 2.17 bits per heavy atom. The van der Waals surface area contributed by atoms with Crippen LogP contribution in [0, 0.1) is 6.92 Å². The van der Waals surface area contributed by atoms with Crippen LogP contribution >= 0.6 is 11.3 Å². The monoisotopic (exact) mass is 262 g/mol. The minimum absolute atomic E-state index is 0.470. The van der Waals surface area contributed by atoms with Crippen molar-refractivity contribution < 1.29 is 9.84 Å². The van der Waals surface area contributed by atoms with Crippen molar-refractivity contribution in [3.05, 3.63) is 51.7 Å². The number of aliphatic hydroxyl groups excluding tert-OH is 1. The lowest BCUT2D eigenvalue weighted by atomic mass is 10.0. The summed E-state index contributed by atoms with van der Waals surface area (Å²) < 4.78 is 5.30. The van der Waals surface area contributed by atoms with Gasteiger partial charge in [0.2, 0.25) is 0 Å². The molecule has 2 rings (SSSR count). The summed E-state index contributed by atoms with van der Waals surface area (Å²) in [5.41, 5.74) is 2.02. The Balaban J connectivity index is 2.08. The minimum Gasteiger partial charge on any atom is -0.496 e. The predicted octanol–water partition coefficient (Wildman–Crippen LogP) is 3.73. The van der Waals surface area contributed by atoms with Crippen molar-refractivity contribution in [1.82, 2.24) is 0 Å². The normalized spacial score (nSPS) is 12.4. The summed E-state index contributed by atoms with van der Waals surface area (Å²) in [6, 6.07) is 10.1. The maximum Gasteiger partial charge on any atom is 0.124 e. The summed E-state index contributed by atoms with van der Waals surface area (Å²) in [6.07, 6.45) is 1.15. The molecule has 0 aliphatic rings. The fourth-order valence-electron chi connectivity index (χ4n) is 2.00. The molecular weight excluding hydrogens is 244 g/mol. The number of ether oxygens (including phenoxy) is 1. The summed E-state index contributed by atoms with van der Waals surface area (Å²) in [5.74, 6) is 0.763. The SMILES string of the molecule is COc1ccc(C)cc1C(O)CCc1cccs1. The van der Waals surface area contributed by atoms with Crippen molar-refractivity contribution in [1.29, 1.82) is 0 Å². The van der Waals surface area contributed by atoms with Crippen molar-refractivity contribution in [2.75, 3.05) is 7.11 Å². The van der Waals surface area contributed by atoms with Crippen LogP contribution in [0.15, 0.2) is 35.7 Å². The zero-order valence-corrected chi connectivity index (χ0v) is 11.5. The van der Waals surface area contributed by atoms with Crippen LogP contribution in [-0.4, -0.2) is 12.2 Å². The molecule has 0 bridgehead atoms. The van der Waals surface area contributed by atoms with E-state index in [-0.39, 0.29) is 0 Å². The molecule has 0 fully saturated rings. The van der Waals surface area contributed by atoms with E-state index < -0.39 is 6.10 Å². The molecule has 0 radical (unpaired) electrons. The predicted molar refractivity (Wildman–Crippen MR) is 75.3 cm³/mol. The maximum absolute atomic E-state index is 10.3. The molecule has 96 valence electrons. The van der Waals surface area contributed by atoms with E-state index >= 15 is 0 Å². The molecular formula is C15H18O2S. The quantitative estimate of drug-likeness (QED) is 0.889. The molecule has 0 aliphatic heterocycles. The van der Waals surface area contributed by atoms with Gasteiger partial charge in [-0.2, -0.15) is 0 Å². The summed E-state index contributed by atoms with van der Waals surface area (Å²) in [4.78, 5) is 1.31. The number of rotatable bonds is 5. The summed E-state index contributed by atoms with van der Waals surface area (Å²) >= 11 is 1.73. The van der Waals surface area contributed by atoms with Crippen LogP contribution in [0.2, 0.25) is 0 Å². The van der Waals surface area contributed by atoms with Crippen molar-refractivity contribution >= 4 is 11.3 Å². The first-order valence-electron chi connectivity index (χ1n) is 6.05. The third-order valence-corrected chi connectivity index (χ3v) is 3.92. The molecule has 1 aromatic heterocycles. The molecule has 0 saturated heterocycles. The van der Waals surface area contributed by atoms with Crippen LogP contribution < -0.4 is 4.74 Å². The van der Waals surface area contributed by atoms with E-state index in [9.17, 15) is 5.11 Å². The van der Waals surface area contributed by atoms with Gasteiger partial charge < -0.3 is 9.84 Å². The highest BCUT2D eigenvalue weighted by Gasteiger charge is 2.13. The van der Waals surface area contributed by atoms with Gasteiger partial charge in [0.25, 0.3) is 0 Å². The van der Waals surface area contributed by atoms with Crippen LogP contribution in [0.1, 0.15) is 28.5 Å². The molecule has 1 atom stereocenters. The minimum atomic E-state index is -0.470. The highest BCUT2D eigenvalue weighted by molar-refractivity contribution is 7.09. The van der Waals surface area contributed by atoms with Crippen LogP contribution in [-0.2, 0) is 6.42 Å². The first kappa shape index (κ1) is 13.1. The van der Waals surface area contributed by atoms with Gasteiger partial charge >= 0.3 is 0 Å². The van der Waals surface area contributed by atoms with E-state index in [1.165, 1.54) is 4.88 Å². The van der Waals surface area contributed by atoms with Crippen molar-refractivity contribution in [3.63, 3.8) is 0 Å². The fraction of sp³-hybridized carbons (Fsp3) is 0.333. The van der Waals surface area contributed by atoms with E-state index in [0.717, 1.165) is 29.7 Å². The van der Waals surface area contributed by atoms with E-state index in [1.807, 2.05) is 31.2 Å². The van der Waals surface area contributed by atoms with E-state index in [2.05, 4.69) is 11.4 Å². The first-order valence-corrected chi connectivity index (χ1v) is 6.93. The van der Waals surface area contributed by atoms with Gasteiger partial charge in [-0.05, 0) is 43.3 Å². The zero-order valence-electron chi connectivity index (χ0n) is 10.7. The third-order valence-electron chi connectivity index (χ3n) is 2.99. The summed E-state index contributed by atoms with van der Waals surface area (Å²) in [7, 11) is 1.64. The van der Waals surface area contributed by atoms with Crippen molar-refractivity contribution in [2.45, 2.75) is 25.9 Å². The molecule has 1 unspecified atom stereocenters. The van der Waals surface area contributed by atoms with Gasteiger partial charge in [0.1, 0.15) is 5.75 Å². The summed E-state index contributed by atoms with van der Waals surface area (Å²) in [5, 5.41) is 12.3. The number of aryl methyl sites for hydroxylation is 2. The van der Waals surface area contributed by atoms with E-state index in [0.29, 0.717) is 0 Å². The lowest BCUT2D eigenvalue weighted by Crippen LogP contribution is -2.02. The lowest BCUT2D eigenvalue weighted by molar-refractivity contribution is 0.164. The number of methoxy groups -OCH3 is 1. The topological polar surface area (TPSA) is 29.5 Å². The first-order chi connectivity index (χ1) is 8.70. The average molecular weight is 262 g/mol. The standard InChI is InChI=1S/C15H18O2S/c1-11-5-8-15(17-2)13(10-11)14(16)7-6-12-4-3-9-18-12/h3-5,8-10,14,16H,6-7H2,1-2H3. The Hall–Kier alpha value is -1.32. The van der Waals surface area contributed by atoms with Gasteiger partial charge in [-0.15, -0.1) is 11.3 Å². The highest BCUT2D eigenvalue weighted by Crippen LogP contribution is 2.29. The van der Waals surface area contributed by atoms with E-state index in [1.54, 1.807) is 18.4 Å². The molecule has 2 nitrogen and oxygen atoms in total. The molecule has 0 amide bonds.